The second kappa shape index (κ2) is 8.45. The quantitative estimate of drug-likeness (QED) is 0.615. The number of hydrogen-bond acceptors (Lipinski definition) is 5. The first-order valence-electron chi connectivity index (χ1n) is 7.91. The van der Waals surface area contributed by atoms with E-state index in [1.54, 1.807) is 35.3 Å². The molecule has 0 atom stereocenters. The summed E-state index contributed by atoms with van der Waals surface area (Å²) in [6.45, 7) is -0.663. The highest BCUT2D eigenvalue weighted by atomic mass is 35.5. The highest BCUT2D eigenvalue weighted by Gasteiger charge is 2.10. The van der Waals surface area contributed by atoms with Gasteiger partial charge < -0.3 is 10.1 Å². The maximum absolute atomic E-state index is 12.2. The van der Waals surface area contributed by atoms with Crippen LogP contribution in [0.1, 0.15) is 12.1 Å². The van der Waals surface area contributed by atoms with Crippen molar-refractivity contribution in [2.75, 3.05) is 5.32 Å². The minimum absolute atomic E-state index is 0.0754. The zero-order valence-electron chi connectivity index (χ0n) is 14.2. The van der Waals surface area contributed by atoms with Crippen LogP contribution in [-0.2, 0) is 11.3 Å². The Morgan fingerprint density at radius 2 is 2.11 bits per heavy atom. The molecule has 0 fully saturated rings. The van der Waals surface area contributed by atoms with Crippen molar-refractivity contribution in [2.45, 2.75) is 26.5 Å². The maximum atomic E-state index is 12.2. The van der Waals surface area contributed by atoms with Gasteiger partial charge in [-0.3, -0.25) is 9.48 Å². The average molecular weight is 413 g/mol. The number of aryl methyl sites for hydroxylation is 2. The smallest absolute Gasteiger partial charge is 0.387 e. The zero-order chi connectivity index (χ0) is 19.4. The van der Waals surface area contributed by atoms with Gasteiger partial charge in [-0.15, -0.1) is 11.3 Å². The van der Waals surface area contributed by atoms with Crippen LogP contribution in [0.25, 0.3) is 11.3 Å². The minimum atomic E-state index is -2.86. The first kappa shape index (κ1) is 19.2. The molecule has 10 heteroatoms. The maximum Gasteiger partial charge on any atom is 0.387 e. The van der Waals surface area contributed by atoms with Crippen molar-refractivity contribution >= 4 is 34.0 Å². The molecule has 0 aliphatic carbocycles. The van der Waals surface area contributed by atoms with Crippen LogP contribution in [0.5, 0.6) is 5.75 Å². The van der Waals surface area contributed by atoms with E-state index in [0.717, 1.165) is 5.56 Å². The Morgan fingerprint density at radius 3 is 2.74 bits per heavy atom. The lowest BCUT2D eigenvalue weighted by Gasteiger charge is -2.04. The lowest BCUT2D eigenvalue weighted by molar-refractivity contribution is -0.116. The van der Waals surface area contributed by atoms with E-state index in [4.69, 9.17) is 11.6 Å². The highest BCUT2D eigenvalue weighted by molar-refractivity contribution is 7.14. The molecule has 2 aromatic heterocycles. The predicted molar refractivity (Wildman–Crippen MR) is 99.4 cm³/mol. The number of amides is 1. The SMILES string of the molecule is Cc1nn(CCC(=O)Nc2nc(-c3ccc(OC(F)F)cc3)cs2)cc1Cl. The number of aromatic nitrogens is 3. The van der Waals surface area contributed by atoms with Crippen LogP contribution in [0.2, 0.25) is 5.02 Å². The van der Waals surface area contributed by atoms with Gasteiger partial charge in [0.1, 0.15) is 5.75 Å². The van der Waals surface area contributed by atoms with Crippen molar-refractivity contribution in [2.24, 2.45) is 0 Å². The number of alkyl halides is 2. The molecule has 142 valence electrons. The van der Waals surface area contributed by atoms with Crippen LogP contribution < -0.4 is 10.1 Å². The van der Waals surface area contributed by atoms with Crippen molar-refractivity contribution in [1.82, 2.24) is 14.8 Å². The van der Waals surface area contributed by atoms with E-state index in [2.05, 4.69) is 20.1 Å². The molecule has 0 bridgehead atoms. The molecular weight excluding hydrogens is 398 g/mol. The molecule has 2 heterocycles. The van der Waals surface area contributed by atoms with Crippen LogP contribution in [-0.4, -0.2) is 27.3 Å². The summed E-state index contributed by atoms with van der Waals surface area (Å²) in [4.78, 5) is 16.4. The van der Waals surface area contributed by atoms with E-state index in [0.29, 0.717) is 28.1 Å². The number of halogens is 3. The Labute approximate surface area is 162 Å². The molecule has 3 rings (SSSR count). The zero-order valence-corrected chi connectivity index (χ0v) is 15.7. The standard InChI is InChI=1S/C17H15ClF2N4O2S/c1-10-13(18)8-24(23-10)7-6-15(25)22-17-21-14(9-27-17)11-2-4-12(5-3-11)26-16(19)20/h2-5,8-9,16H,6-7H2,1H3,(H,21,22,25). The number of rotatable bonds is 7. The molecule has 1 aromatic carbocycles. The van der Waals surface area contributed by atoms with Crippen LogP contribution in [0, 0.1) is 6.92 Å². The van der Waals surface area contributed by atoms with E-state index in [-0.39, 0.29) is 18.1 Å². The topological polar surface area (TPSA) is 69.0 Å². The van der Waals surface area contributed by atoms with Crippen LogP contribution >= 0.6 is 22.9 Å². The normalized spacial score (nSPS) is 11.0. The summed E-state index contributed by atoms with van der Waals surface area (Å²) in [5.74, 6) is -0.118. The van der Waals surface area contributed by atoms with Gasteiger partial charge in [-0.25, -0.2) is 4.98 Å². The van der Waals surface area contributed by atoms with Crippen molar-refractivity contribution in [3.63, 3.8) is 0 Å². The van der Waals surface area contributed by atoms with Crippen LogP contribution in [0.4, 0.5) is 13.9 Å². The number of ether oxygens (including phenoxy) is 1. The van der Waals surface area contributed by atoms with Gasteiger partial charge in [0.05, 0.1) is 16.4 Å². The molecule has 1 N–H and O–H groups in total. The van der Waals surface area contributed by atoms with Gasteiger partial charge in [0.25, 0.3) is 0 Å². The molecule has 0 saturated carbocycles. The molecule has 0 aliphatic heterocycles. The Kier molecular flexibility index (Phi) is 6.02. The molecule has 0 spiro atoms. The monoisotopic (exact) mass is 412 g/mol. The number of thiazole rings is 1. The third kappa shape index (κ3) is 5.24. The largest absolute Gasteiger partial charge is 0.435 e. The number of nitrogens with one attached hydrogen (secondary N) is 1. The summed E-state index contributed by atoms with van der Waals surface area (Å²) in [6, 6.07) is 6.14. The Hall–Kier alpha value is -2.52. The summed E-state index contributed by atoms with van der Waals surface area (Å²) in [7, 11) is 0. The number of anilines is 1. The molecule has 0 saturated heterocycles. The van der Waals surface area contributed by atoms with Crippen molar-refractivity contribution in [3.8, 4) is 17.0 Å². The lowest BCUT2D eigenvalue weighted by atomic mass is 10.2. The van der Waals surface area contributed by atoms with Crippen LogP contribution in [0.15, 0.2) is 35.8 Å². The van der Waals surface area contributed by atoms with Gasteiger partial charge in [0.2, 0.25) is 5.91 Å². The first-order valence-corrected chi connectivity index (χ1v) is 9.16. The number of carbonyl (C=O) groups excluding carboxylic acids is 1. The number of benzene rings is 1. The van der Waals surface area contributed by atoms with E-state index in [9.17, 15) is 13.6 Å². The van der Waals surface area contributed by atoms with Crippen molar-refractivity contribution in [1.29, 1.82) is 0 Å². The van der Waals surface area contributed by atoms with E-state index >= 15 is 0 Å². The fourth-order valence-corrected chi connectivity index (χ4v) is 3.16. The third-order valence-corrected chi connectivity index (χ3v) is 4.71. The Bertz CT molecular complexity index is 908. The predicted octanol–water partition coefficient (Wildman–Crippen LogP) is 4.60. The number of hydrogen-bond donors (Lipinski definition) is 1. The third-order valence-electron chi connectivity index (χ3n) is 3.58. The van der Waals surface area contributed by atoms with Gasteiger partial charge in [0, 0.05) is 30.1 Å². The molecule has 0 unspecified atom stereocenters. The minimum Gasteiger partial charge on any atom is -0.435 e. The highest BCUT2D eigenvalue weighted by Crippen LogP contribution is 2.27. The van der Waals surface area contributed by atoms with Gasteiger partial charge in [-0.2, -0.15) is 13.9 Å². The van der Waals surface area contributed by atoms with E-state index in [1.807, 2.05) is 0 Å². The Balaban J connectivity index is 1.56. The molecule has 0 aliphatic rings. The number of nitrogens with zero attached hydrogens (tertiary/aromatic N) is 3. The number of carbonyl (C=O) groups is 1. The van der Waals surface area contributed by atoms with Gasteiger partial charge >= 0.3 is 6.61 Å². The Morgan fingerprint density at radius 1 is 1.37 bits per heavy atom. The van der Waals surface area contributed by atoms with E-state index < -0.39 is 6.61 Å². The first-order chi connectivity index (χ1) is 12.9. The second-order valence-electron chi connectivity index (χ2n) is 5.56. The molecule has 0 radical (unpaired) electrons. The molecule has 1 amide bonds. The molecule has 6 nitrogen and oxygen atoms in total. The summed E-state index contributed by atoms with van der Waals surface area (Å²) < 4.78 is 30.3. The molecule has 27 heavy (non-hydrogen) atoms. The average Bonchev–Trinajstić information content (AvgIpc) is 3.20. The summed E-state index contributed by atoms with van der Waals surface area (Å²) >= 11 is 7.21. The molecular formula is C17H15ClF2N4O2S. The van der Waals surface area contributed by atoms with Gasteiger partial charge in [-0.1, -0.05) is 11.6 Å². The summed E-state index contributed by atoms with van der Waals surface area (Å²) in [5.41, 5.74) is 2.08. The fourth-order valence-electron chi connectivity index (χ4n) is 2.28. The van der Waals surface area contributed by atoms with Crippen molar-refractivity contribution in [3.05, 3.63) is 46.6 Å². The lowest BCUT2D eigenvalue weighted by Crippen LogP contribution is -2.14. The summed E-state index contributed by atoms with van der Waals surface area (Å²) in [6.07, 6.45) is 1.90. The summed E-state index contributed by atoms with van der Waals surface area (Å²) in [5, 5.41) is 9.71. The van der Waals surface area contributed by atoms with Crippen LogP contribution in [0.3, 0.4) is 0 Å². The van der Waals surface area contributed by atoms with Crippen molar-refractivity contribution < 1.29 is 18.3 Å². The van der Waals surface area contributed by atoms with Gasteiger partial charge in [0.15, 0.2) is 5.13 Å². The second-order valence-corrected chi connectivity index (χ2v) is 6.83. The molecule has 3 aromatic rings. The van der Waals surface area contributed by atoms with Gasteiger partial charge in [-0.05, 0) is 31.2 Å². The van der Waals surface area contributed by atoms with E-state index in [1.165, 1.54) is 23.5 Å². The fraction of sp³-hybridized carbons (Fsp3) is 0.235.